The van der Waals surface area contributed by atoms with Gasteiger partial charge in [-0.05, 0) is 61.2 Å². The molecule has 0 amide bonds. The summed E-state index contributed by atoms with van der Waals surface area (Å²) in [6.07, 6.45) is 5.69. The Hall–Kier alpha value is -2.77. The molecule has 3 aromatic heterocycles. The number of thiazole rings is 1. The lowest BCUT2D eigenvalue weighted by molar-refractivity contribution is 0.866. The fourth-order valence-corrected chi connectivity index (χ4v) is 4.52. The maximum Gasteiger partial charge on any atom is 0.291 e. The van der Waals surface area contributed by atoms with Crippen LogP contribution in [0.15, 0.2) is 46.6 Å². The fraction of sp³-hybridized carbons (Fsp3) is 0.190. The van der Waals surface area contributed by atoms with Crippen molar-refractivity contribution >= 4 is 51.5 Å². The molecular formula is C21H20N4OS2. The summed E-state index contributed by atoms with van der Waals surface area (Å²) < 4.78 is 2.02. The Morgan fingerprint density at radius 2 is 1.89 bits per heavy atom. The zero-order chi connectivity index (χ0) is 19.5. The second-order valence-corrected chi connectivity index (χ2v) is 8.18. The highest BCUT2D eigenvalue weighted by atomic mass is 32.1. The van der Waals surface area contributed by atoms with Gasteiger partial charge < -0.3 is 4.90 Å². The Kier molecular flexibility index (Phi) is 5.36. The van der Waals surface area contributed by atoms with Gasteiger partial charge >= 0.3 is 0 Å². The van der Waals surface area contributed by atoms with E-state index in [1.807, 2.05) is 47.9 Å². The molecule has 0 saturated carbocycles. The molecule has 3 heterocycles. The van der Waals surface area contributed by atoms with Gasteiger partial charge in [0.2, 0.25) is 4.96 Å². The van der Waals surface area contributed by atoms with Crippen molar-refractivity contribution in [1.82, 2.24) is 14.6 Å². The summed E-state index contributed by atoms with van der Waals surface area (Å²) in [7, 11) is 0. The van der Waals surface area contributed by atoms with Crippen LogP contribution in [-0.4, -0.2) is 27.7 Å². The van der Waals surface area contributed by atoms with Crippen molar-refractivity contribution < 1.29 is 0 Å². The number of nitrogens with zero attached hydrogens (tertiary/aromatic N) is 4. The average molecular weight is 409 g/mol. The third-order valence-electron chi connectivity index (χ3n) is 4.46. The Bertz CT molecular complexity index is 1200. The van der Waals surface area contributed by atoms with E-state index in [9.17, 15) is 4.79 Å². The second kappa shape index (κ2) is 8.08. The summed E-state index contributed by atoms with van der Waals surface area (Å²) in [6, 6.07) is 12.3. The number of hydrogen-bond acceptors (Lipinski definition) is 6. The lowest BCUT2D eigenvalue weighted by Gasteiger charge is -2.20. The minimum atomic E-state index is -0.129. The number of anilines is 1. The minimum Gasteiger partial charge on any atom is -0.372 e. The number of hydrogen-bond donors (Lipinski definition) is 0. The number of benzene rings is 1. The van der Waals surface area contributed by atoms with E-state index in [2.05, 4.69) is 41.0 Å². The van der Waals surface area contributed by atoms with Crippen molar-refractivity contribution in [3.63, 3.8) is 0 Å². The van der Waals surface area contributed by atoms with Crippen molar-refractivity contribution in [2.24, 2.45) is 0 Å². The zero-order valence-corrected chi connectivity index (χ0v) is 17.3. The van der Waals surface area contributed by atoms with Crippen LogP contribution in [0, 0.1) is 0 Å². The standard InChI is InChI=1S/C21H20N4OS2/c1-3-24(4-2)16-9-7-15(8-10-16)14-18-20(26)25-21(28-18)22-19(23-25)12-11-17-6-5-13-27-17/h5-14H,3-4H2,1-2H3/b12-11+,18-14+. The van der Waals surface area contributed by atoms with Crippen LogP contribution in [0.1, 0.15) is 30.1 Å². The molecule has 4 rings (SSSR count). The van der Waals surface area contributed by atoms with Crippen LogP contribution < -0.4 is 15.0 Å². The molecule has 1 aromatic carbocycles. The predicted octanol–water partition coefficient (Wildman–Crippen LogP) is 3.78. The van der Waals surface area contributed by atoms with E-state index >= 15 is 0 Å². The van der Waals surface area contributed by atoms with Gasteiger partial charge in [0.15, 0.2) is 5.82 Å². The molecule has 0 aliphatic heterocycles. The van der Waals surface area contributed by atoms with Crippen LogP contribution in [-0.2, 0) is 0 Å². The lowest BCUT2D eigenvalue weighted by Crippen LogP contribution is -2.23. The summed E-state index contributed by atoms with van der Waals surface area (Å²) in [5.41, 5.74) is 2.06. The van der Waals surface area contributed by atoms with E-state index in [0.717, 1.165) is 23.5 Å². The van der Waals surface area contributed by atoms with Gasteiger partial charge in [0.25, 0.3) is 5.56 Å². The van der Waals surface area contributed by atoms with Gasteiger partial charge in [-0.1, -0.05) is 29.5 Å². The number of fused-ring (bicyclic) bond motifs is 1. The van der Waals surface area contributed by atoms with Crippen molar-refractivity contribution in [2.45, 2.75) is 13.8 Å². The highest BCUT2D eigenvalue weighted by Gasteiger charge is 2.09. The average Bonchev–Trinajstić information content (AvgIpc) is 3.42. The van der Waals surface area contributed by atoms with E-state index in [4.69, 9.17) is 0 Å². The van der Waals surface area contributed by atoms with Crippen LogP contribution in [0.3, 0.4) is 0 Å². The minimum absolute atomic E-state index is 0.129. The number of rotatable bonds is 6. The number of aromatic nitrogens is 3. The summed E-state index contributed by atoms with van der Waals surface area (Å²) in [4.78, 5) is 21.1. The molecule has 0 radical (unpaired) electrons. The fourth-order valence-electron chi connectivity index (χ4n) is 2.98. The molecule has 0 spiro atoms. The van der Waals surface area contributed by atoms with Gasteiger partial charge in [-0.2, -0.15) is 9.50 Å². The molecule has 0 aliphatic carbocycles. The molecule has 0 unspecified atom stereocenters. The molecule has 0 bridgehead atoms. The van der Waals surface area contributed by atoms with Gasteiger partial charge in [-0.25, -0.2) is 0 Å². The maximum atomic E-state index is 12.7. The first-order chi connectivity index (χ1) is 13.7. The van der Waals surface area contributed by atoms with E-state index in [0.29, 0.717) is 15.3 Å². The maximum absolute atomic E-state index is 12.7. The smallest absolute Gasteiger partial charge is 0.291 e. The van der Waals surface area contributed by atoms with E-state index in [-0.39, 0.29) is 5.56 Å². The Morgan fingerprint density at radius 3 is 2.54 bits per heavy atom. The molecule has 0 aliphatic rings. The van der Waals surface area contributed by atoms with Gasteiger partial charge in [-0.15, -0.1) is 16.4 Å². The SMILES string of the molecule is CCN(CC)c1ccc(/C=c2/sc3nc(/C=C/c4cccs4)nn3c2=O)cc1. The van der Waals surface area contributed by atoms with E-state index < -0.39 is 0 Å². The highest BCUT2D eigenvalue weighted by molar-refractivity contribution is 7.15. The molecule has 7 heteroatoms. The highest BCUT2D eigenvalue weighted by Crippen LogP contribution is 2.16. The lowest BCUT2D eigenvalue weighted by atomic mass is 10.2. The molecule has 4 aromatic rings. The molecule has 0 fully saturated rings. The van der Waals surface area contributed by atoms with Crippen LogP contribution in [0.2, 0.25) is 0 Å². The van der Waals surface area contributed by atoms with Gasteiger partial charge in [0.05, 0.1) is 4.53 Å². The first-order valence-electron chi connectivity index (χ1n) is 9.16. The number of thiophene rings is 1. The molecule has 0 saturated heterocycles. The zero-order valence-electron chi connectivity index (χ0n) is 15.7. The molecule has 0 atom stereocenters. The Morgan fingerprint density at radius 1 is 1.11 bits per heavy atom. The second-order valence-electron chi connectivity index (χ2n) is 6.19. The third-order valence-corrected chi connectivity index (χ3v) is 6.25. The monoisotopic (exact) mass is 408 g/mol. The van der Waals surface area contributed by atoms with Crippen molar-refractivity contribution in [2.75, 3.05) is 18.0 Å². The topological polar surface area (TPSA) is 50.5 Å². The Labute approximate surface area is 170 Å². The molecule has 142 valence electrons. The quantitative estimate of drug-likeness (QED) is 0.487. The van der Waals surface area contributed by atoms with Crippen LogP contribution in [0.25, 0.3) is 23.2 Å². The third kappa shape index (κ3) is 3.76. The van der Waals surface area contributed by atoms with Crippen LogP contribution >= 0.6 is 22.7 Å². The first-order valence-corrected chi connectivity index (χ1v) is 10.9. The molecule has 5 nitrogen and oxygen atoms in total. The first kappa shape index (κ1) is 18.6. The van der Waals surface area contributed by atoms with Gasteiger partial charge in [0, 0.05) is 23.7 Å². The summed E-state index contributed by atoms with van der Waals surface area (Å²) in [6.45, 7) is 6.24. The van der Waals surface area contributed by atoms with Gasteiger partial charge in [0.1, 0.15) is 0 Å². The summed E-state index contributed by atoms with van der Waals surface area (Å²) >= 11 is 3.01. The van der Waals surface area contributed by atoms with E-state index in [1.54, 1.807) is 11.3 Å². The van der Waals surface area contributed by atoms with Crippen molar-refractivity contribution in [3.05, 3.63) is 72.9 Å². The van der Waals surface area contributed by atoms with Gasteiger partial charge in [-0.3, -0.25) is 4.79 Å². The van der Waals surface area contributed by atoms with Crippen LogP contribution in [0.4, 0.5) is 5.69 Å². The normalized spacial score (nSPS) is 12.4. The summed E-state index contributed by atoms with van der Waals surface area (Å²) in [5, 5.41) is 6.35. The molecule has 0 N–H and O–H groups in total. The van der Waals surface area contributed by atoms with E-state index in [1.165, 1.54) is 21.5 Å². The summed E-state index contributed by atoms with van der Waals surface area (Å²) in [5.74, 6) is 0.548. The van der Waals surface area contributed by atoms with Crippen LogP contribution in [0.5, 0.6) is 0 Å². The predicted molar refractivity (Wildman–Crippen MR) is 119 cm³/mol. The van der Waals surface area contributed by atoms with Crippen molar-refractivity contribution in [3.8, 4) is 0 Å². The largest absolute Gasteiger partial charge is 0.372 e. The molecule has 28 heavy (non-hydrogen) atoms. The Balaban J connectivity index is 1.61. The molecular weight excluding hydrogens is 388 g/mol. The van der Waals surface area contributed by atoms with Crippen molar-refractivity contribution in [1.29, 1.82) is 0 Å².